The first-order chi connectivity index (χ1) is 11.1. The lowest BCUT2D eigenvalue weighted by atomic mass is 9.86. The second-order valence-electron chi connectivity index (χ2n) is 6.81. The predicted molar refractivity (Wildman–Crippen MR) is 85.1 cm³/mol. The number of carbonyl (C=O) groups is 2. The van der Waals surface area contributed by atoms with Crippen LogP contribution in [0.2, 0.25) is 0 Å². The smallest absolute Gasteiger partial charge is 0.308 e. The summed E-state index contributed by atoms with van der Waals surface area (Å²) >= 11 is 0. The van der Waals surface area contributed by atoms with Crippen LogP contribution in [0.3, 0.4) is 0 Å². The molecule has 2 fully saturated rings. The van der Waals surface area contributed by atoms with Crippen LogP contribution >= 0.6 is 0 Å². The summed E-state index contributed by atoms with van der Waals surface area (Å²) in [5, 5.41) is 12.1. The maximum Gasteiger partial charge on any atom is 0.308 e. The summed E-state index contributed by atoms with van der Waals surface area (Å²) in [6.07, 6.45) is 6.18. The molecule has 2 rings (SSSR count). The van der Waals surface area contributed by atoms with E-state index in [4.69, 9.17) is 9.47 Å². The highest BCUT2D eigenvalue weighted by Crippen LogP contribution is 2.26. The van der Waals surface area contributed by atoms with Crippen molar-refractivity contribution in [2.75, 3.05) is 26.4 Å². The molecule has 23 heavy (non-hydrogen) atoms. The molecule has 1 saturated heterocycles. The number of amides is 1. The van der Waals surface area contributed by atoms with Gasteiger partial charge in [-0.15, -0.1) is 0 Å². The number of aliphatic carboxylic acids is 1. The number of carbonyl (C=O) groups excluding carboxylic acids is 1. The molecule has 6 nitrogen and oxygen atoms in total. The highest BCUT2D eigenvalue weighted by molar-refractivity contribution is 5.78. The molecule has 1 saturated carbocycles. The van der Waals surface area contributed by atoms with Gasteiger partial charge in [0.1, 0.15) is 6.61 Å². The van der Waals surface area contributed by atoms with E-state index in [2.05, 4.69) is 12.2 Å². The minimum Gasteiger partial charge on any atom is -0.481 e. The topological polar surface area (TPSA) is 84.9 Å². The zero-order valence-corrected chi connectivity index (χ0v) is 14.0. The first-order valence-electron chi connectivity index (χ1n) is 8.76. The molecular formula is C17H29NO5. The van der Waals surface area contributed by atoms with E-state index in [0.29, 0.717) is 19.1 Å². The Morgan fingerprint density at radius 3 is 2.57 bits per heavy atom. The number of rotatable bonds is 7. The molecule has 2 aliphatic rings. The van der Waals surface area contributed by atoms with E-state index in [1.54, 1.807) is 0 Å². The Balaban J connectivity index is 1.71. The monoisotopic (exact) mass is 327 g/mol. The number of carboxylic acids is 1. The summed E-state index contributed by atoms with van der Waals surface area (Å²) in [6, 6.07) is 0. The molecule has 1 aliphatic heterocycles. The minimum absolute atomic E-state index is 0.0229. The van der Waals surface area contributed by atoms with Gasteiger partial charge >= 0.3 is 5.97 Å². The van der Waals surface area contributed by atoms with Gasteiger partial charge in [0.2, 0.25) is 5.91 Å². The van der Waals surface area contributed by atoms with Crippen molar-refractivity contribution < 1.29 is 24.2 Å². The zero-order chi connectivity index (χ0) is 16.7. The van der Waals surface area contributed by atoms with Gasteiger partial charge in [-0.2, -0.15) is 0 Å². The largest absolute Gasteiger partial charge is 0.481 e. The van der Waals surface area contributed by atoms with Crippen LogP contribution in [0.4, 0.5) is 0 Å². The SMILES string of the molecule is CC1CCCCC1OCC(=O)NCC(C(=O)O)C1CCOCC1. The van der Waals surface area contributed by atoms with Crippen LogP contribution in [0.1, 0.15) is 45.4 Å². The molecule has 3 unspecified atom stereocenters. The zero-order valence-electron chi connectivity index (χ0n) is 14.0. The van der Waals surface area contributed by atoms with Gasteiger partial charge in [0.15, 0.2) is 0 Å². The molecular weight excluding hydrogens is 298 g/mol. The number of hydrogen-bond donors (Lipinski definition) is 2. The Kier molecular flexibility index (Phi) is 7.30. The average Bonchev–Trinajstić information content (AvgIpc) is 2.55. The first kappa shape index (κ1) is 18.2. The number of nitrogens with one attached hydrogen (secondary N) is 1. The van der Waals surface area contributed by atoms with Crippen LogP contribution in [-0.2, 0) is 19.1 Å². The van der Waals surface area contributed by atoms with E-state index < -0.39 is 11.9 Å². The van der Waals surface area contributed by atoms with Crippen molar-refractivity contribution in [3.8, 4) is 0 Å². The first-order valence-corrected chi connectivity index (χ1v) is 8.76. The molecule has 3 atom stereocenters. The van der Waals surface area contributed by atoms with Gasteiger partial charge in [0, 0.05) is 19.8 Å². The van der Waals surface area contributed by atoms with Crippen molar-refractivity contribution in [2.45, 2.75) is 51.6 Å². The molecule has 2 N–H and O–H groups in total. The fraction of sp³-hybridized carbons (Fsp3) is 0.882. The molecule has 0 aromatic heterocycles. The van der Waals surface area contributed by atoms with Gasteiger partial charge < -0.3 is 19.9 Å². The summed E-state index contributed by atoms with van der Waals surface area (Å²) in [6.45, 7) is 3.56. The lowest BCUT2D eigenvalue weighted by molar-refractivity contribution is -0.145. The third-order valence-corrected chi connectivity index (χ3v) is 5.13. The van der Waals surface area contributed by atoms with Gasteiger partial charge in [-0.25, -0.2) is 0 Å². The predicted octanol–water partition coefficient (Wildman–Crippen LogP) is 1.83. The minimum atomic E-state index is -0.848. The van der Waals surface area contributed by atoms with Crippen molar-refractivity contribution in [2.24, 2.45) is 17.8 Å². The van der Waals surface area contributed by atoms with Gasteiger partial charge in [0.25, 0.3) is 0 Å². The lowest BCUT2D eigenvalue weighted by Gasteiger charge is -2.29. The lowest BCUT2D eigenvalue weighted by Crippen LogP contribution is -2.41. The van der Waals surface area contributed by atoms with Crippen LogP contribution in [0.15, 0.2) is 0 Å². The fourth-order valence-electron chi connectivity index (χ4n) is 3.56. The van der Waals surface area contributed by atoms with E-state index in [1.807, 2.05) is 0 Å². The van der Waals surface area contributed by atoms with E-state index in [9.17, 15) is 14.7 Å². The normalized spacial score (nSPS) is 27.3. The molecule has 1 aliphatic carbocycles. The van der Waals surface area contributed by atoms with Crippen LogP contribution in [0.5, 0.6) is 0 Å². The summed E-state index contributed by atoms with van der Waals surface area (Å²) in [5.41, 5.74) is 0. The number of hydrogen-bond acceptors (Lipinski definition) is 4. The second-order valence-corrected chi connectivity index (χ2v) is 6.81. The molecule has 0 spiro atoms. The van der Waals surface area contributed by atoms with Crippen LogP contribution in [-0.4, -0.2) is 49.5 Å². The Hall–Kier alpha value is -1.14. The van der Waals surface area contributed by atoms with Crippen molar-refractivity contribution in [3.05, 3.63) is 0 Å². The maximum atomic E-state index is 11.9. The molecule has 0 bridgehead atoms. The Bertz CT molecular complexity index is 394. The van der Waals surface area contributed by atoms with Gasteiger partial charge in [-0.1, -0.05) is 19.8 Å². The van der Waals surface area contributed by atoms with Crippen molar-refractivity contribution >= 4 is 11.9 Å². The summed E-state index contributed by atoms with van der Waals surface area (Å²) in [5.74, 6) is -1.05. The third-order valence-electron chi connectivity index (χ3n) is 5.13. The van der Waals surface area contributed by atoms with E-state index in [1.165, 1.54) is 6.42 Å². The van der Waals surface area contributed by atoms with Crippen molar-refractivity contribution in [1.29, 1.82) is 0 Å². The third kappa shape index (κ3) is 5.77. The second kappa shape index (κ2) is 9.23. The quantitative estimate of drug-likeness (QED) is 0.745. The fourth-order valence-corrected chi connectivity index (χ4v) is 3.56. The Labute approximate surface area is 137 Å². The average molecular weight is 327 g/mol. The molecule has 0 aromatic carbocycles. The molecule has 6 heteroatoms. The molecule has 0 radical (unpaired) electrons. The maximum absolute atomic E-state index is 11.9. The van der Waals surface area contributed by atoms with E-state index in [0.717, 1.165) is 32.1 Å². The van der Waals surface area contributed by atoms with Gasteiger partial charge in [-0.3, -0.25) is 9.59 Å². The van der Waals surface area contributed by atoms with Crippen molar-refractivity contribution in [1.82, 2.24) is 5.32 Å². The van der Waals surface area contributed by atoms with Gasteiger partial charge in [-0.05, 0) is 37.5 Å². The number of ether oxygens (including phenoxy) is 2. The van der Waals surface area contributed by atoms with Crippen LogP contribution in [0, 0.1) is 17.8 Å². The van der Waals surface area contributed by atoms with Gasteiger partial charge in [0.05, 0.1) is 12.0 Å². The molecule has 1 amide bonds. The Morgan fingerprint density at radius 2 is 1.91 bits per heavy atom. The van der Waals surface area contributed by atoms with Crippen molar-refractivity contribution in [3.63, 3.8) is 0 Å². The summed E-state index contributed by atoms with van der Waals surface area (Å²) in [7, 11) is 0. The van der Waals surface area contributed by atoms with E-state index >= 15 is 0 Å². The van der Waals surface area contributed by atoms with Crippen LogP contribution in [0.25, 0.3) is 0 Å². The van der Waals surface area contributed by atoms with Crippen LogP contribution < -0.4 is 5.32 Å². The summed E-state index contributed by atoms with van der Waals surface area (Å²) in [4.78, 5) is 23.4. The molecule has 0 aromatic rings. The Morgan fingerprint density at radius 1 is 1.22 bits per heavy atom. The number of carboxylic acid groups (broad SMARTS) is 1. The molecule has 1 heterocycles. The molecule has 132 valence electrons. The van der Waals surface area contributed by atoms with E-state index in [-0.39, 0.29) is 31.1 Å². The summed E-state index contributed by atoms with van der Waals surface area (Å²) < 4.78 is 11.0. The highest BCUT2D eigenvalue weighted by Gasteiger charge is 2.30. The highest BCUT2D eigenvalue weighted by atomic mass is 16.5. The standard InChI is InChI=1S/C17H29NO5/c1-12-4-2-3-5-15(12)23-11-16(19)18-10-14(17(20)21)13-6-8-22-9-7-13/h12-15H,2-11H2,1H3,(H,18,19)(H,20,21).